The molecule has 0 bridgehead atoms. The lowest BCUT2D eigenvalue weighted by Crippen LogP contribution is -2.44. The van der Waals surface area contributed by atoms with Gasteiger partial charge in [-0.05, 0) is 37.1 Å². The summed E-state index contributed by atoms with van der Waals surface area (Å²) < 4.78 is 10.6. The van der Waals surface area contributed by atoms with E-state index in [1.54, 1.807) is 18.2 Å². The van der Waals surface area contributed by atoms with Crippen LogP contribution in [0, 0.1) is 5.92 Å². The van der Waals surface area contributed by atoms with Gasteiger partial charge in [0.15, 0.2) is 6.10 Å². The Morgan fingerprint density at radius 1 is 1.39 bits per heavy atom. The second-order valence-corrected chi connectivity index (χ2v) is 5.55. The maximum atomic E-state index is 12.1. The Morgan fingerprint density at radius 2 is 2.13 bits per heavy atom. The second kappa shape index (κ2) is 7.32. The fourth-order valence-corrected chi connectivity index (χ4v) is 2.31. The smallest absolute Gasteiger partial charge is 0.321 e. The molecule has 2 atom stereocenters. The number of amides is 3. The van der Waals surface area contributed by atoms with Gasteiger partial charge in [-0.3, -0.25) is 14.9 Å². The molecule has 2 rings (SSSR count). The zero-order valence-corrected chi connectivity index (χ0v) is 13.5. The highest BCUT2D eigenvalue weighted by atomic mass is 35.5. The van der Waals surface area contributed by atoms with Gasteiger partial charge in [0.2, 0.25) is 0 Å². The van der Waals surface area contributed by atoms with Gasteiger partial charge in [-0.1, -0.05) is 11.6 Å². The molecule has 0 saturated carbocycles. The normalized spacial score (nSPS) is 17.3. The van der Waals surface area contributed by atoms with Crippen molar-refractivity contribution in [3.8, 4) is 5.75 Å². The molecule has 0 aliphatic carbocycles. The Labute approximate surface area is 138 Å². The standard InChI is InChI=1S/C15H17ClN2O5/c1-8(13(19)18-15(21)17-2)23-14(20)10-5-9-6-11(16)3-4-12(9)22-7-10/h3-4,6,8,10H,5,7H2,1-2H3,(H2,17,18,19,21)/t8-,10+/m1/s1. The van der Waals surface area contributed by atoms with E-state index in [4.69, 9.17) is 21.1 Å². The van der Waals surface area contributed by atoms with Crippen molar-refractivity contribution in [1.29, 1.82) is 0 Å². The van der Waals surface area contributed by atoms with Crippen molar-refractivity contribution >= 4 is 29.5 Å². The van der Waals surface area contributed by atoms with Crippen LogP contribution in [0.5, 0.6) is 5.75 Å². The third-order valence-corrected chi connectivity index (χ3v) is 3.62. The molecule has 0 fully saturated rings. The minimum atomic E-state index is -1.08. The molecule has 124 valence electrons. The molecule has 1 aliphatic rings. The highest BCUT2D eigenvalue weighted by molar-refractivity contribution is 6.30. The Morgan fingerprint density at radius 3 is 2.83 bits per heavy atom. The summed E-state index contributed by atoms with van der Waals surface area (Å²) in [5.74, 6) is -1.10. The van der Waals surface area contributed by atoms with Gasteiger partial charge in [0, 0.05) is 12.1 Å². The molecule has 0 saturated heterocycles. The van der Waals surface area contributed by atoms with Crippen LogP contribution >= 0.6 is 11.6 Å². The van der Waals surface area contributed by atoms with Crippen LogP contribution in [-0.2, 0) is 20.7 Å². The van der Waals surface area contributed by atoms with Crippen molar-refractivity contribution in [2.24, 2.45) is 5.92 Å². The Hall–Kier alpha value is -2.28. The third kappa shape index (κ3) is 4.35. The van der Waals surface area contributed by atoms with Gasteiger partial charge in [-0.15, -0.1) is 0 Å². The molecule has 0 aromatic heterocycles. The van der Waals surface area contributed by atoms with E-state index in [2.05, 4.69) is 5.32 Å². The fourth-order valence-electron chi connectivity index (χ4n) is 2.11. The van der Waals surface area contributed by atoms with Crippen molar-refractivity contribution in [2.45, 2.75) is 19.4 Å². The van der Waals surface area contributed by atoms with Gasteiger partial charge in [0.1, 0.15) is 12.4 Å². The molecular formula is C15H17ClN2O5. The van der Waals surface area contributed by atoms with Crippen molar-refractivity contribution in [1.82, 2.24) is 10.6 Å². The van der Waals surface area contributed by atoms with E-state index in [-0.39, 0.29) is 6.61 Å². The molecule has 0 radical (unpaired) electrons. The second-order valence-electron chi connectivity index (χ2n) is 5.11. The number of fused-ring (bicyclic) bond motifs is 1. The summed E-state index contributed by atoms with van der Waals surface area (Å²) in [4.78, 5) is 34.9. The monoisotopic (exact) mass is 340 g/mol. The van der Waals surface area contributed by atoms with Gasteiger partial charge in [-0.25, -0.2) is 4.79 Å². The van der Waals surface area contributed by atoms with Crippen LogP contribution in [0.25, 0.3) is 0 Å². The molecule has 1 heterocycles. The number of nitrogens with one attached hydrogen (secondary N) is 2. The SMILES string of the molecule is CNC(=O)NC(=O)[C@@H](C)OC(=O)[C@@H]1COc2ccc(Cl)cc2C1. The van der Waals surface area contributed by atoms with Crippen LogP contribution < -0.4 is 15.4 Å². The molecule has 0 unspecified atom stereocenters. The molecule has 23 heavy (non-hydrogen) atoms. The van der Waals surface area contributed by atoms with Crippen LogP contribution in [0.3, 0.4) is 0 Å². The van der Waals surface area contributed by atoms with E-state index in [0.29, 0.717) is 17.2 Å². The molecule has 1 aromatic carbocycles. The van der Waals surface area contributed by atoms with Crippen molar-refractivity contribution in [3.63, 3.8) is 0 Å². The van der Waals surface area contributed by atoms with Crippen LogP contribution in [0.2, 0.25) is 5.02 Å². The maximum Gasteiger partial charge on any atom is 0.321 e. The van der Waals surface area contributed by atoms with Gasteiger partial charge in [-0.2, -0.15) is 0 Å². The van der Waals surface area contributed by atoms with E-state index >= 15 is 0 Å². The first-order valence-corrected chi connectivity index (χ1v) is 7.42. The number of hydrogen-bond acceptors (Lipinski definition) is 5. The van der Waals surface area contributed by atoms with Crippen molar-refractivity contribution in [3.05, 3.63) is 28.8 Å². The van der Waals surface area contributed by atoms with Crippen molar-refractivity contribution in [2.75, 3.05) is 13.7 Å². The van der Waals surface area contributed by atoms with Crippen LogP contribution in [0.15, 0.2) is 18.2 Å². The topological polar surface area (TPSA) is 93.7 Å². The molecule has 2 N–H and O–H groups in total. The lowest BCUT2D eigenvalue weighted by Gasteiger charge is -2.25. The molecule has 0 spiro atoms. The number of carbonyl (C=O) groups excluding carboxylic acids is 3. The molecule has 8 heteroatoms. The Bertz CT molecular complexity index is 634. The third-order valence-electron chi connectivity index (χ3n) is 3.39. The minimum Gasteiger partial charge on any atom is -0.492 e. The summed E-state index contributed by atoms with van der Waals surface area (Å²) in [5, 5.41) is 4.84. The predicted molar refractivity (Wildman–Crippen MR) is 82.3 cm³/mol. The average Bonchev–Trinajstić information content (AvgIpc) is 2.53. The predicted octanol–water partition coefficient (Wildman–Crippen LogP) is 1.28. The van der Waals surface area contributed by atoms with Crippen LogP contribution in [0.4, 0.5) is 4.79 Å². The first-order chi connectivity index (χ1) is 10.9. The van der Waals surface area contributed by atoms with Crippen LogP contribution in [-0.4, -0.2) is 37.7 Å². The Balaban J connectivity index is 1.94. The highest BCUT2D eigenvalue weighted by Crippen LogP contribution is 2.30. The zero-order chi connectivity index (χ0) is 17.0. The summed E-state index contributed by atoms with van der Waals surface area (Å²) in [7, 11) is 1.38. The van der Waals surface area contributed by atoms with Gasteiger partial charge >= 0.3 is 12.0 Å². The van der Waals surface area contributed by atoms with E-state index in [0.717, 1.165) is 5.56 Å². The summed E-state index contributed by atoms with van der Waals surface area (Å²) in [6, 6.07) is 4.53. The fraction of sp³-hybridized carbons (Fsp3) is 0.400. The highest BCUT2D eigenvalue weighted by Gasteiger charge is 2.30. The van der Waals surface area contributed by atoms with E-state index < -0.39 is 29.9 Å². The molecular weight excluding hydrogens is 324 g/mol. The number of hydrogen-bond donors (Lipinski definition) is 2. The first-order valence-electron chi connectivity index (χ1n) is 7.05. The lowest BCUT2D eigenvalue weighted by atomic mass is 9.97. The van der Waals surface area contributed by atoms with Gasteiger partial charge in [0.25, 0.3) is 5.91 Å². The largest absolute Gasteiger partial charge is 0.492 e. The lowest BCUT2D eigenvalue weighted by molar-refractivity contribution is -0.159. The molecule has 1 aliphatic heterocycles. The number of urea groups is 1. The number of esters is 1. The van der Waals surface area contributed by atoms with E-state index in [1.807, 2.05) is 5.32 Å². The first kappa shape index (κ1) is 17.1. The maximum absolute atomic E-state index is 12.1. The average molecular weight is 341 g/mol. The number of imide groups is 1. The number of rotatable bonds is 3. The molecule has 1 aromatic rings. The van der Waals surface area contributed by atoms with Crippen LogP contribution in [0.1, 0.15) is 12.5 Å². The van der Waals surface area contributed by atoms with E-state index in [1.165, 1.54) is 14.0 Å². The summed E-state index contributed by atoms with van der Waals surface area (Å²) >= 11 is 5.93. The minimum absolute atomic E-state index is 0.164. The summed E-state index contributed by atoms with van der Waals surface area (Å²) in [6.45, 7) is 1.56. The number of carbonyl (C=O) groups is 3. The molecule has 3 amide bonds. The number of benzene rings is 1. The Kier molecular flexibility index (Phi) is 5.44. The van der Waals surface area contributed by atoms with Gasteiger partial charge < -0.3 is 14.8 Å². The van der Waals surface area contributed by atoms with Crippen molar-refractivity contribution < 1.29 is 23.9 Å². The van der Waals surface area contributed by atoms with E-state index in [9.17, 15) is 14.4 Å². The number of ether oxygens (including phenoxy) is 2. The summed E-state index contributed by atoms with van der Waals surface area (Å²) in [6.07, 6.45) is -0.668. The number of halogens is 1. The molecule has 7 nitrogen and oxygen atoms in total. The van der Waals surface area contributed by atoms with Gasteiger partial charge in [0.05, 0.1) is 5.92 Å². The quantitative estimate of drug-likeness (QED) is 0.808. The zero-order valence-electron chi connectivity index (χ0n) is 12.7. The summed E-state index contributed by atoms with van der Waals surface area (Å²) in [5.41, 5.74) is 0.813.